The monoisotopic (exact) mass is 279 g/mol. The number of nitrogen functional groups attached to an aromatic ring is 1. The number of aromatic amines is 1. The van der Waals surface area contributed by atoms with E-state index in [9.17, 15) is 9.59 Å². The third-order valence-corrected chi connectivity index (χ3v) is 3.57. The van der Waals surface area contributed by atoms with Gasteiger partial charge in [0.25, 0.3) is 5.91 Å². The van der Waals surface area contributed by atoms with Gasteiger partial charge in [0.15, 0.2) is 5.69 Å². The number of hydrogen-bond acceptors (Lipinski definition) is 4. The minimum absolute atomic E-state index is 0.0121. The highest BCUT2D eigenvalue weighted by molar-refractivity contribution is 5.97. The van der Waals surface area contributed by atoms with Gasteiger partial charge in [-0.05, 0) is 6.92 Å². The molecule has 1 aliphatic heterocycles. The van der Waals surface area contributed by atoms with Crippen molar-refractivity contribution in [3.8, 4) is 0 Å². The van der Waals surface area contributed by atoms with Crippen LogP contribution in [0.25, 0.3) is 0 Å². The molecule has 2 amide bonds. The molecule has 110 valence electrons. The fourth-order valence-electron chi connectivity index (χ4n) is 2.25. The highest BCUT2D eigenvalue weighted by atomic mass is 16.2. The second kappa shape index (κ2) is 5.52. The van der Waals surface area contributed by atoms with Crippen LogP contribution in [0.5, 0.6) is 0 Å². The van der Waals surface area contributed by atoms with Crippen molar-refractivity contribution in [3.05, 3.63) is 11.4 Å². The Morgan fingerprint density at radius 1 is 1.20 bits per heavy atom. The minimum Gasteiger partial charge on any atom is -0.395 e. The molecule has 1 aromatic heterocycles. The molecule has 0 radical (unpaired) electrons. The quantitative estimate of drug-likeness (QED) is 0.810. The number of carbonyl (C=O) groups excluding carboxylic acids is 2. The van der Waals surface area contributed by atoms with Crippen LogP contribution in [-0.2, 0) is 4.79 Å². The summed E-state index contributed by atoms with van der Waals surface area (Å²) in [5.74, 6) is -0.0578. The minimum atomic E-state index is -0.177. The number of aryl methyl sites for hydroxylation is 1. The van der Waals surface area contributed by atoms with E-state index in [1.54, 1.807) is 16.7 Å². The van der Waals surface area contributed by atoms with Crippen molar-refractivity contribution in [2.75, 3.05) is 31.9 Å². The van der Waals surface area contributed by atoms with Gasteiger partial charge < -0.3 is 15.5 Å². The van der Waals surface area contributed by atoms with Crippen molar-refractivity contribution in [3.63, 3.8) is 0 Å². The Balaban J connectivity index is 1.99. The number of amides is 2. The van der Waals surface area contributed by atoms with Gasteiger partial charge in [0.1, 0.15) is 0 Å². The zero-order valence-electron chi connectivity index (χ0n) is 12.1. The summed E-state index contributed by atoms with van der Waals surface area (Å²) in [6, 6.07) is 0. The summed E-state index contributed by atoms with van der Waals surface area (Å²) in [7, 11) is 0. The molecule has 1 aliphatic rings. The van der Waals surface area contributed by atoms with E-state index in [1.165, 1.54) is 0 Å². The van der Waals surface area contributed by atoms with Gasteiger partial charge >= 0.3 is 0 Å². The van der Waals surface area contributed by atoms with Gasteiger partial charge in [-0.3, -0.25) is 14.7 Å². The smallest absolute Gasteiger partial charge is 0.276 e. The summed E-state index contributed by atoms with van der Waals surface area (Å²) in [4.78, 5) is 27.7. The summed E-state index contributed by atoms with van der Waals surface area (Å²) < 4.78 is 0. The number of nitrogens with zero attached hydrogens (tertiary/aromatic N) is 3. The van der Waals surface area contributed by atoms with Crippen molar-refractivity contribution in [2.24, 2.45) is 5.92 Å². The van der Waals surface area contributed by atoms with Gasteiger partial charge in [-0.2, -0.15) is 5.10 Å². The normalized spacial score (nSPS) is 15.8. The van der Waals surface area contributed by atoms with E-state index in [4.69, 9.17) is 5.73 Å². The molecule has 1 saturated heterocycles. The number of rotatable bonds is 2. The van der Waals surface area contributed by atoms with Crippen LogP contribution < -0.4 is 5.73 Å². The molecule has 1 fully saturated rings. The molecule has 2 heterocycles. The van der Waals surface area contributed by atoms with E-state index in [0.717, 1.165) is 0 Å². The standard InChI is InChI=1S/C13H21N5O2/c1-8(2)12(19)17-4-6-18(7-5-17)13(20)11-10(14)9(3)15-16-11/h8H,4-7,14H2,1-3H3,(H,15,16). The summed E-state index contributed by atoms with van der Waals surface area (Å²) in [6.45, 7) is 7.70. The zero-order valence-corrected chi connectivity index (χ0v) is 12.1. The molecular formula is C13H21N5O2. The van der Waals surface area contributed by atoms with Crippen molar-refractivity contribution in [2.45, 2.75) is 20.8 Å². The first-order valence-corrected chi connectivity index (χ1v) is 6.80. The van der Waals surface area contributed by atoms with Crippen molar-refractivity contribution < 1.29 is 9.59 Å². The van der Waals surface area contributed by atoms with Crippen molar-refractivity contribution in [1.29, 1.82) is 0 Å². The van der Waals surface area contributed by atoms with E-state index >= 15 is 0 Å². The molecule has 0 aromatic carbocycles. The van der Waals surface area contributed by atoms with Crippen LogP contribution >= 0.6 is 0 Å². The first-order chi connectivity index (χ1) is 9.41. The average Bonchev–Trinajstić information content (AvgIpc) is 2.77. The molecule has 7 heteroatoms. The van der Waals surface area contributed by atoms with E-state index in [2.05, 4.69) is 10.2 Å². The van der Waals surface area contributed by atoms with Crippen LogP contribution in [0.2, 0.25) is 0 Å². The number of hydrogen-bond donors (Lipinski definition) is 2. The third kappa shape index (κ3) is 2.61. The molecule has 0 saturated carbocycles. The Kier molecular flexibility index (Phi) is 3.96. The lowest BCUT2D eigenvalue weighted by atomic mass is 10.1. The Morgan fingerprint density at radius 3 is 2.20 bits per heavy atom. The lowest BCUT2D eigenvalue weighted by Crippen LogP contribution is -2.51. The number of anilines is 1. The van der Waals surface area contributed by atoms with Crippen LogP contribution in [0.4, 0.5) is 5.69 Å². The summed E-state index contributed by atoms with van der Waals surface area (Å²) in [6.07, 6.45) is 0. The highest BCUT2D eigenvalue weighted by Crippen LogP contribution is 2.16. The SMILES string of the molecule is Cc1[nH]nc(C(=O)N2CCN(C(=O)C(C)C)CC2)c1N. The first-order valence-electron chi connectivity index (χ1n) is 6.80. The van der Waals surface area contributed by atoms with Crippen molar-refractivity contribution in [1.82, 2.24) is 20.0 Å². The Hall–Kier alpha value is -2.05. The fourth-order valence-corrected chi connectivity index (χ4v) is 2.25. The molecule has 3 N–H and O–H groups in total. The lowest BCUT2D eigenvalue weighted by molar-refractivity contribution is -0.135. The van der Waals surface area contributed by atoms with Crippen LogP contribution in [0.15, 0.2) is 0 Å². The number of nitrogens with one attached hydrogen (secondary N) is 1. The maximum atomic E-state index is 12.3. The molecule has 0 unspecified atom stereocenters. The van der Waals surface area contributed by atoms with Crippen LogP contribution in [0.1, 0.15) is 30.0 Å². The van der Waals surface area contributed by atoms with Gasteiger partial charge in [-0.25, -0.2) is 0 Å². The molecule has 0 aliphatic carbocycles. The van der Waals surface area contributed by atoms with Gasteiger partial charge in [0.05, 0.1) is 11.4 Å². The topological polar surface area (TPSA) is 95.3 Å². The molecule has 0 atom stereocenters. The largest absolute Gasteiger partial charge is 0.395 e. The number of carbonyl (C=O) groups is 2. The molecular weight excluding hydrogens is 258 g/mol. The maximum absolute atomic E-state index is 12.3. The predicted octanol–water partition coefficient (Wildman–Crippen LogP) is 0.241. The summed E-state index contributed by atoms with van der Waals surface area (Å²) in [5.41, 5.74) is 7.18. The Bertz CT molecular complexity index is 515. The number of aromatic nitrogens is 2. The average molecular weight is 279 g/mol. The summed E-state index contributed by atoms with van der Waals surface area (Å²) >= 11 is 0. The lowest BCUT2D eigenvalue weighted by Gasteiger charge is -2.35. The molecule has 0 spiro atoms. The number of piperazine rings is 1. The van der Waals surface area contributed by atoms with Gasteiger partial charge in [0, 0.05) is 32.1 Å². The molecule has 0 bridgehead atoms. The van der Waals surface area contributed by atoms with Crippen LogP contribution in [-0.4, -0.2) is 58.0 Å². The van der Waals surface area contributed by atoms with Gasteiger partial charge in [0.2, 0.25) is 5.91 Å². The summed E-state index contributed by atoms with van der Waals surface area (Å²) in [5, 5.41) is 6.66. The first kappa shape index (κ1) is 14.4. The van der Waals surface area contributed by atoms with E-state index in [0.29, 0.717) is 37.6 Å². The second-order valence-electron chi connectivity index (χ2n) is 5.38. The number of nitrogens with two attached hydrogens (primary N) is 1. The Labute approximate surface area is 118 Å². The maximum Gasteiger partial charge on any atom is 0.276 e. The Morgan fingerprint density at radius 2 is 1.75 bits per heavy atom. The second-order valence-corrected chi connectivity index (χ2v) is 5.38. The molecule has 7 nitrogen and oxygen atoms in total. The number of H-pyrrole nitrogens is 1. The van der Waals surface area contributed by atoms with Crippen LogP contribution in [0.3, 0.4) is 0 Å². The van der Waals surface area contributed by atoms with E-state index < -0.39 is 0 Å². The zero-order chi connectivity index (χ0) is 14.9. The predicted molar refractivity (Wildman–Crippen MR) is 75.1 cm³/mol. The van der Waals surface area contributed by atoms with Crippen molar-refractivity contribution >= 4 is 17.5 Å². The molecule has 1 aromatic rings. The van der Waals surface area contributed by atoms with Gasteiger partial charge in [-0.1, -0.05) is 13.8 Å². The van der Waals surface area contributed by atoms with Gasteiger partial charge in [-0.15, -0.1) is 0 Å². The third-order valence-electron chi connectivity index (χ3n) is 3.57. The highest BCUT2D eigenvalue weighted by Gasteiger charge is 2.28. The molecule has 2 rings (SSSR count). The van der Waals surface area contributed by atoms with E-state index in [-0.39, 0.29) is 23.4 Å². The van der Waals surface area contributed by atoms with Crippen LogP contribution in [0, 0.1) is 12.8 Å². The van der Waals surface area contributed by atoms with E-state index in [1.807, 2.05) is 13.8 Å². The molecule has 20 heavy (non-hydrogen) atoms. The fraction of sp³-hybridized carbons (Fsp3) is 0.615.